The molecule has 0 radical (unpaired) electrons. The van der Waals surface area contributed by atoms with E-state index < -0.39 is 5.97 Å². The first-order valence-electron chi connectivity index (χ1n) is 5.31. The van der Waals surface area contributed by atoms with Crippen LogP contribution in [0.4, 0.5) is 5.13 Å². The lowest BCUT2D eigenvalue weighted by atomic mass is 10.1. The van der Waals surface area contributed by atoms with E-state index in [9.17, 15) is 4.79 Å². The van der Waals surface area contributed by atoms with Crippen molar-refractivity contribution in [1.29, 1.82) is 0 Å². The molecule has 0 aliphatic heterocycles. The summed E-state index contributed by atoms with van der Waals surface area (Å²) in [5, 5.41) is 15.9. The second-order valence-electron chi connectivity index (χ2n) is 3.67. The topological polar surface area (TPSA) is 74.6 Å². The summed E-state index contributed by atoms with van der Waals surface area (Å²) in [4.78, 5) is 15.2. The number of anilines is 1. The number of aryl methyl sites for hydroxylation is 1. The van der Waals surface area contributed by atoms with E-state index in [0.717, 1.165) is 5.69 Å². The SMILES string of the molecule is Cc1csc(NN=Cc2c(Cl)cccc2C(=O)O)n1. The fourth-order valence-electron chi connectivity index (χ4n) is 1.41. The third-order valence-electron chi connectivity index (χ3n) is 2.26. The van der Waals surface area contributed by atoms with Gasteiger partial charge in [-0.2, -0.15) is 5.10 Å². The van der Waals surface area contributed by atoms with E-state index in [2.05, 4.69) is 15.5 Å². The molecule has 7 heteroatoms. The van der Waals surface area contributed by atoms with Crippen molar-refractivity contribution in [2.45, 2.75) is 6.92 Å². The molecule has 2 rings (SSSR count). The zero-order valence-electron chi connectivity index (χ0n) is 9.92. The van der Waals surface area contributed by atoms with Crippen LogP contribution in [0.3, 0.4) is 0 Å². The van der Waals surface area contributed by atoms with Gasteiger partial charge in [0.15, 0.2) is 0 Å². The first kappa shape index (κ1) is 13.5. The smallest absolute Gasteiger partial charge is 0.336 e. The third kappa shape index (κ3) is 3.30. The van der Waals surface area contributed by atoms with Gasteiger partial charge in [0.1, 0.15) is 0 Å². The maximum atomic E-state index is 11.1. The number of aromatic nitrogens is 1. The number of carbonyl (C=O) groups is 1. The molecule has 0 aliphatic rings. The van der Waals surface area contributed by atoms with Crippen LogP contribution in [-0.2, 0) is 0 Å². The first-order valence-corrected chi connectivity index (χ1v) is 6.56. The number of carboxylic acids is 1. The monoisotopic (exact) mass is 295 g/mol. The average molecular weight is 296 g/mol. The Bertz CT molecular complexity index is 640. The van der Waals surface area contributed by atoms with E-state index in [1.54, 1.807) is 12.1 Å². The molecule has 0 atom stereocenters. The molecule has 98 valence electrons. The number of rotatable bonds is 4. The summed E-state index contributed by atoms with van der Waals surface area (Å²) in [5.41, 5.74) is 4.09. The van der Waals surface area contributed by atoms with Gasteiger partial charge in [-0.3, -0.25) is 5.43 Å². The summed E-state index contributed by atoms with van der Waals surface area (Å²) in [5.74, 6) is -1.05. The van der Waals surface area contributed by atoms with Crippen molar-refractivity contribution in [2.75, 3.05) is 5.43 Å². The van der Waals surface area contributed by atoms with Crippen LogP contribution in [-0.4, -0.2) is 22.3 Å². The fourth-order valence-corrected chi connectivity index (χ4v) is 2.27. The Labute approximate surface area is 118 Å². The van der Waals surface area contributed by atoms with Crippen LogP contribution in [0.5, 0.6) is 0 Å². The maximum absolute atomic E-state index is 11.1. The van der Waals surface area contributed by atoms with Gasteiger partial charge in [-0.15, -0.1) is 11.3 Å². The highest BCUT2D eigenvalue weighted by molar-refractivity contribution is 7.13. The predicted octanol–water partition coefficient (Wildman–Crippen LogP) is 3.25. The summed E-state index contributed by atoms with van der Waals surface area (Å²) < 4.78 is 0. The van der Waals surface area contributed by atoms with Gasteiger partial charge in [0.05, 0.1) is 22.5 Å². The zero-order chi connectivity index (χ0) is 13.8. The van der Waals surface area contributed by atoms with Crippen molar-refractivity contribution < 1.29 is 9.90 Å². The van der Waals surface area contributed by atoms with Gasteiger partial charge in [-0.25, -0.2) is 9.78 Å². The summed E-state index contributed by atoms with van der Waals surface area (Å²) in [6.45, 7) is 1.88. The molecule has 0 aliphatic carbocycles. The van der Waals surface area contributed by atoms with Crippen LogP contribution in [0.2, 0.25) is 5.02 Å². The predicted molar refractivity (Wildman–Crippen MR) is 76.5 cm³/mol. The molecule has 0 bridgehead atoms. The highest BCUT2D eigenvalue weighted by Gasteiger charge is 2.11. The molecule has 19 heavy (non-hydrogen) atoms. The minimum atomic E-state index is -1.05. The third-order valence-corrected chi connectivity index (χ3v) is 3.45. The molecular weight excluding hydrogens is 286 g/mol. The Morgan fingerprint density at radius 3 is 3.00 bits per heavy atom. The van der Waals surface area contributed by atoms with Gasteiger partial charge in [-0.05, 0) is 19.1 Å². The van der Waals surface area contributed by atoms with E-state index in [1.165, 1.54) is 23.6 Å². The molecule has 5 nitrogen and oxygen atoms in total. The molecule has 0 fully saturated rings. The van der Waals surface area contributed by atoms with Crippen molar-refractivity contribution in [3.63, 3.8) is 0 Å². The van der Waals surface area contributed by atoms with Crippen LogP contribution >= 0.6 is 22.9 Å². The molecule has 0 unspecified atom stereocenters. The summed E-state index contributed by atoms with van der Waals surface area (Å²) >= 11 is 7.38. The molecule has 0 saturated carbocycles. The minimum absolute atomic E-state index is 0.105. The highest BCUT2D eigenvalue weighted by Crippen LogP contribution is 2.19. The highest BCUT2D eigenvalue weighted by atomic mass is 35.5. The minimum Gasteiger partial charge on any atom is -0.478 e. The second kappa shape index (κ2) is 5.81. The largest absolute Gasteiger partial charge is 0.478 e. The number of halogens is 1. The Morgan fingerprint density at radius 2 is 2.37 bits per heavy atom. The van der Waals surface area contributed by atoms with Crippen molar-refractivity contribution in [3.8, 4) is 0 Å². The molecule has 1 heterocycles. The molecule has 1 aromatic carbocycles. The van der Waals surface area contributed by atoms with Crippen LogP contribution in [0.25, 0.3) is 0 Å². The van der Waals surface area contributed by atoms with Crippen LogP contribution < -0.4 is 5.43 Å². The number of aromatic carboxylic acids is 1. The van der Waals surface area contributed by atoms with Gasteiger partial charge >= 0.3 is 5.97 Å². The molecular formula is C12H10ClN3O2S. The normalized spacial score (nSPS) is 10.8. The number of nitrogens with one attached hydrogen (secondary N) is 1. The van der Waals surface area contributed by atoms with Gasteiger partial charge in [0.25, 0.3) is 0 Å². The maximum Gasteiger partial charge on any atom is 0.336 e. The Morgan fingerprint density at radius 1 is 1.58 bits per heavy atom. The molecule has 2 aromatic rings. The summed E-state index contributed by atoms with van der Waals surface area (Å²) in [6.07, 6.45) is 1.38. The van der Waals surface area contributed by atoms with Crippen molar-refractivity contribution >= 4 is 40.3 Å². The van der Waals surface area contributed by atoms with Gasteiger partial charge in [0, 0.05) is 10.9 Å². The zero-order valence-corrected chi connectivity index (χ0v) is 11.5. The van der Waals surface area contributed by atoms with E-state index in [0.29, 0.717) is 15.7 Å². The number of hydrogen-bond donors (Lipinski definition) is 2. The van der Waals surface area contributed by atoms with E-state index in [4.69, 9.17) is 16.7 Å². The molecule has 0 amide bonds. The van der Waals surface area contributed by atoms with Crippen LogP contribution in [0.1, 0.15) is 21.6 Å². The number of nitrogens with zero attached hydrogens (tertiary/aromatic N) is 2. The van der Waals surface area contributed by atoms with Crippen LogP contribution in [0, 0.1) is 6.92 Å². The molecule has 0 saturated heterocycles. The Kier molecular flexibility index (Phi) is 4.13. The van der Waals surface area contributed by atoms with E-state index >= 15 is 0 Å². The van der Waals surface area contributed by atoms with Gasteiger partial charge in [0.2, 0.25) is 5.13 Å². The lowest BCUT2D eigenvalue weighted by Gasteiger charge is -2.02. The standard InChI is InChI=1S/C12H10ClN3O2S/c1-7-6-19-12(15-7)16-14-5-9-8(11(17)18)3-2-4-10(9)13/h2-6H,1H3,(H,15,16)(H,17,18). The lowest BCUT2D eigenvalue weighted by molar-refractivity contribution is 0.0697. The first-order chi connectivity index (χ1) is 9.08. The Hall–Kier alpha value is -1.92. The molecule has 0 spiro atoms. The van der Waals surface area contributed by atoms with E-state index in [-0.39, 0.29) is 5.56 Å². The van der Waals surface area contributed by atoms with Gasteiger partial charge < -0.3 is 5.11 Å². The number of carboxylic acid groups (broad SMARTS) is 1. The fraction of sp³-hybridized carbons (Fsp3) is 0.0833. The Balaban J connectivity index is 2.21. The van der Waals surface area contributed by atoms with E-state index in [1.807, 2.05) is 12.3 Å². The molecule has 1 aromatic heterocycles. The second-order valence-corrected chi connectivity index (χ2v) is 4.94. The quantitative estimate of drug-likeness (QED) is 0.671. The number of hydrazone groups is 1. The van der Waals surface area contributed by atoms with Crippen LogP contribution in [0.15, 0.2) is 28.7 Å². The lowest BCUT2D eigenvalue weighted by Crippen LogP contribution is -2.03. The van der Waals surface area contributed by atoms with Crippen molar-refractivity contribution in [2.24, 2.45) is 5.10 Å². The van der Waals surface area contributed by atoms with Gasteiger partial charge in [-0.1, -0.05) is 17.7 Å². The average Bonchev–Trinajstić information content (AvgIpc) is 2.77. The van der Waals surface area contributed by atoms with Crippen molar-refractivity contribution in [1.82, 2.24) is 4.98 Å². The number of benzene rings is 1. The van der Waals surface area contributed by atoms with Crippen molar-refractivity contribution in [3.05, 3.63) is 45.4 Å². The number of thiazole rings is 1. The summed E-state index contributed by atoms with van der Waals surface area (Å²) in [6, 6.07) is 4.67. The summed E-state index contributed by atoms with van der Waals surface area (Å²) in [7, 11) is 0. The number of hydrogen-bond acceptors (Lipinski definition) is 5. The molecule has 2 N–H and O–H groups in total.